The Balaban J connectivity index is 0.00000196. The van der Waals surface area contributed by atoms with Crippen molar-refractivity contribution in [3.05, 3.63) is 35.9 Å². The van der Waals surface area contributed by atoms with Crippen molar-refractivity contribution in [1.29, 1.82) is 0 Å². The number of benzene rings is 1. The Hall–Kier alpha value is -0.570. The molecule has 1 rings (SSSR count). The fourth-order valence-corrected chi connectivity index (χ4v) is 1.30. The second-order valence-electron chi connectivity index (χ2n) is 2.98. The molecule has 4 heteroatoms. The van der Waals surface area contributed by atoms with Crippen molar-refractivity contribution in [2.75, 3.05) is 19.0 Å². The summed E-state index contributed by atoms with van der Waals surface area (Å²) in [6.07, 6.45) is 0.529. The van der Waals surface area contributed by atoms with Gasteiger partial charge in [0.2, 0.25) is 0 Å². The first kappa shape index (κ1) is 14.4. The van der Waals surface area contributed by atoms with Crippen LogP contribution in [0, 0.1) is 0 Å². The number of alkyl halides is 1. The minimum atomic E-state index is 0. The van der Waals surface area contributed by atoms with E-state index < -0.39 is 0 Å². The second kappa shape index (κ2) is 8.72. The lowest BCUT2D eigenvalue weighted by atomic mass is 10.1. The SMILES string of the molecule is O=C(CCNCCCl)c1ccccc1.[Cl-]. The molecule has 0 aliphatic rings. The van der Waals surface area contributed by atoms with Crippen molar-refractivity contribution < 1.29 is 17.2 Å². The summed E-state index contributed by atoms with van der Waals surface area (Å²) >= 11 is 5.49. The zero-order valence-corrected chi connectivity index (χ0v) is 9.89. The zero-order valence-electron chi connectivity index (χ0n) is 8.38. The number of ketones is 1. The van der Waals surface area contributed by atoms with Crippen LogP contribution in [-0.4, -0.2) is 24.8 Å². The normalized spacial score (nSPS) is 9.40. The van der Waals surface area contributed by atoms with Crippen molar-refractivity contribution in [3.63, 3.8) is 0 Å². The second-order valence-corrected chi connectivity index (χ2v) is 3.36. The highest BCUT2D eigenvalue weighted by Crippen LogP contribution is 2.01. The maximum atomic E-state index is 11.5. The third-order valence-corrected chi connectivity index (χ3v) is 2.08. The van der Waals surface area contributed by atoms with Gasteiger partial charge in [0.1, 0.15) is 0 Å². The van der Waals surface area contributed by atoms with Gasteiger partial charge in [-0.2, -0.15) is 0 Å². The quantitative estimate of drug-likeness (QED) is 0.400. The maximum absolute atomic E-state index is 11.5. The fraction of sp³-hybridized carbons (Fsp3) is 0.364. The van der Waals surface area contributed by atoms with Gasteiger partial charge in [-0.1, -0.05) is 30.3 Å². The Kier molecular flexibility index (Phi) is 8.38. The fourth-order valence-electron chi connectivity index (χ4n) is 1.16. The first-order valence-corrected chi connectivity index (χ1v) is 5.23. The third kappa shape index (κ3) is 5.78. The van der Waals surface area contributed by atoms with Crippen LogP contribution in [0.15, 0.2) is 30.3 Å². The molecule has 2 nitrogen and oxygen atoms in total. The van der Waals surface area contributed by atoms with E-state index in [2.05, 4.69) is 5.32 Å². The van der Waals surface area contributed by atoms with E-state index in [-0.39, 0.29) is 18.2 Å². The number of hydrogen-bond acceptors (Lipinski definition) is 2. The molecule has 0 atom stereocenters. The molecule has 0 fully saturated rings. The molecule has 0 saturated carbocycles. The molecule has 0 amide bonds. The van der Waals surface area contributed by atoms with Gasteiger partial charge in [0.15, 0.2) is 5.78 Å². The van der Waals surface area contributed by atoms with E-state index in [1.807, 2.05) is 30.3 Å². The van der Waals surface area contributed by atoms with Gasteiger partial charge in [-0.25, -0.2) is 0 Å². The van der Waals surface area contributed by atoms with E-state index >= 15 is 0 Å². The minimum absolute atomic E-state index is 0. The highest BCUT2D eigenvalue weighted by atomic mass is 35.5. The number of halogens is 2. The molecular weight excluding hydrogens is 233 g/mol. The van der Waals surface area contributed by atoms with Crippen LogP contribution in [0.5, 0.6) is 0 Å². The van der Waals surface area contributed by atoms with E-state index in [9.17, 15) is 4.79 Å². The van der Waals surface area contributed by atoms with Crippen molar-refractivity contribution in [1.82, 2.24) is 5.32 Å². The number of Topliss-reactive ketones (excluding diaryl/α,β-unsaturated/α-hetero) is 1. The van der Waals surface area contributed by atoms with Gasteiger partial charge in [-0.15, -0.1) is 11.6 Å². The van der Waals surface area contributed by atoms with E-state index in [4.69, 9.17) is 11.6 Å². The molecule has 0 heterocycles. The van der Waals surface area contributed by atoms with Crippen LogP contribution in [0.25, 0.3) is 0 Å². The Morgan fingerprint density at radius 1 is 1.20 bits per heavy atom. The van der Waals surface area contributed by atoms with Crippen LogP contribution in [0.4, 0.5) is 0 Å². The Morgan fingerprint density at radius 2 is 1.87 bits per heavy atom. The van der Waals surface area contributed by atoms with Crippen LogP contribution >= 0.6 is 11.6 Å². The molecule has 0 unspecified atom stereocenters. The third-order valence-electron chi connectivity index (χ3n) is 1.90. The van der Waals surface area contributed by atoms with Gasteiger partial charge in [-0.3, -0.25) is 4.79 Å². The summed E-state index contributed by atoms with van der Waals surface area (Å²) < 4.78 is 0. The highest BCUT2D eigenvalue weighted by molar-refractivity contribution is 6.18. The van der Waals surface area contributed by atoms with E-state index in [0.29, 0.717) is 18.8 Å². The number of carbonyl (C=O) groups excluding carboxylic acids is 1. The van der Waals surface area contributed by atoms with Crippen LogP contribution < -0.4 is 17.7 Å². The van der Waals surface area contributed by atoms with Crippen LogP contribution in [0.3, 0.4) is 0 Å². The maximum Gasteiger partial charge on any atom is 0.164 e. The molecule has 1 aromatic rings. The lowest BCUT2D eigenvalue weighted by Crippen LogP contribution is -3.00. The lowest BCUT2D eigenvalue weighted by molar-refractivity contribution is -0.0000109. The Bertz CT molecular complexity index is 277. The van der Waals surface area contributed by atoms with Crippen molar-refractivity contribution in [2.24, 2.45) is 0 Å². The highest BCUT2D eigenvalue weighted by Gasteiger charge is 2.03. The predicted octanol–water partition coefficient (Wildman–Crippen LogP) is -0.908. The van der Waals surface area contributed by atoms with Gasteiger partial charge in [0.25, 0.3) is 0 Å². The summed E-state index contributed by atoms with van der Waals surface area (Å²) in [5.74, 6) is 0.757. The van der Waals surface area contributed by atoms with Crippen molar-refractivity contribution in [2.45, 2.75) is 6.42 Å². The minimum Gasteiger partial charge on any atom is -1.00 e. The van der Waals surface area contributed by atoms with E-state index in [1.165, 1.54) is 0 Å². The first-order chi connectivity index (χ1) is 6.84. The number of hydrogen-bond donors (Lipinski definition) is 1. The van der Waals surface area contributed by atoms with E-state index in [0.717, 1.165) is 12.1 Å². The molecule has 15 heavy (non-hydrogen) atoms. The topological polar surface area (TPSA) is 29.1 Å². The van der Waals surface area contributed by atoms with Crippen LogP contribution in [0.1, 0.15) is 16.8 Å². The molecule has 0 bridgehead atoms. The average molecular weight is 247 g/mol. The molecule has 0 aromatic heterocycles. The molecule has 1 N–H and O–H groups in total. The van der Waals surface area contributed by atoms with Crippen LogP contribution in [-0.2, 0) is 0 Å². The molecular formula is C11H14Cl2NO-. The summed E-state index contributed by atoms with van der Waals surface area (Å²) in [6.45, 7) is 1.45. The van der Waals surface area contributed by atoms with E-state index in [1.54, 1.807) is 0 Å². The van der Waals surface area contributed by atoms with Crippen LogP contribution in [0.2, 0.25) is 0 Å². The lowest BCUT2D eigenvalue weighted by Gasteiger charge is -2.01. The molecule has 84 valence electrons. The largest absolute Gasteiger partial charge is 1.00 e. The molecule has 0 saturated heterocycles. The number of rotatable bonds is 6. The summed E-state index contributed by atoms with van der Waals surface area (Å²) in [5.41, 5.74) is 0.778. The van der Waals surface area contributed by atoms with Gasteiger partial charge in [0.05, 0.1) is 0 Å². The molecule has 0 radical (unpaired) electrons. The Morgan fingerprint density at radius 3 is 2.47 bits per heavy atom. The van der Waals surface area contributed by atoms with Gasteiger partial charge < -0.3 is 17.7 Å². The molecule has 0 aliphatic carbocycles. The predicted molar refractivity (Wildman–Crippen MR) is 59.0 cm³/mol. The number of carbonyl (C=O) groups is 1. The molecule has 0 aliphatic heterocycles. The molecule has 1 aromatic carbocycles. The average Bonchev–Trinajstić information content (AvgIpc) is 2.25. The monoisotopic (exact) mass is 246 g/mol. The summed E-state index contributed by atoms with van der Waals surface area (Å²) in [6, 6.07) is 9.33. The van der Waals surface area contributed by atoms with Crippen molar-refractivity contribution >= 4 is 17.4 Å². The van der Waals surface area contributed by atoms with Gasteiger partial charge in [0, 0.05) is 31.0 Å². The van der Waals surface area contributed by atoms with Gasteiger partial charge >= 0.3 is 0 Å². The summed E-state index contributed by atoms with van der Waals surface area (Å²) in [7, 11) is 0. The standard InChI is InChI=1S/C11H14ClNO.ClH/c12-7-9-13-8-6-11(14)10-4-2-1-3-5-10;/h1-5,13H,6-9H2;1H/p-1. The first-order valence-electron chi connectivity index (χ1n) is 4.69. The zero-order chi connectivity index (χ0) is 10.2. The molecule has 0 spiro atoms. The summed E-state index contributed by atoms with van der Waals surface area (Å²) in [4.78, 5) is 11.5. The Labute approximate surface area is 101 Å². The van der Waals surface area contributed by atoms with Crippen molar-refractivity contribution in [3.8, 4) is 0 Å². The number of nitrogens with one attached hydrogen (secondary N) is 1. The van der Waals surface area contributed by atoms with Gasteiger partial charge in [-0.05, 0) is 0 Å². The summed E-state index contributed by atoms with van der Waals surface area (Å²) in [5, 5.41) is 3.08. The smallest absolute Gasteiger partial charge is 0.164 e.